The molecule has 0 aliphatic carbocycles. The number of thiazole rings is 1. The number of halogens is 1. The third-order valence-electron chi connectivity index (χ3n) is 4.47. The van der Waals surface area contributed by atoms with Gasteiger partial charge in [0.15, 0.2) is 5.96 Å². The van der Waals surface area contributed by atoms with Crippen molar-refractivity contribution in [2.24, 2.45) is 4.99 Å². The molecule has 5 nitrogen and oxygen atoms in total. The van der Waals surface area contributed by atoms with Gasteiger partial charge in [-0.05, 0) is 26.2 Å². The van der Waals surface area contributed by atoms with Crippen LogP contribution in [0.4, 0.5) is 0 Å². The largest absolute Gasteiger partial charge is 0.373 e. The standard InChI is InChI=1S/C17H28N4OS.HI/c1-4-18-17(21-14-9-13-5-6-15(14)22-13)19-8-7-12-10-23-16(20-12)11(2)3;/h10-11,13-15H,4-9H2,1-3H3,(H2,18,19,21);1H. The van der Waals surface area contributed by atoms with Gasteiger partial charge >= 0.3 is 0 Å². The van der Waals surface area contributed by atoms with E-state index in [4.69, 9.17) is 9.73 Å². The van der Waals surface area contributed by atoms with Crippen molar-refractivity contribution >= 4 is 41.3 Å². The summed E-state index contributed by atoms with van der Waals surface area (Å²) < 4.78 is 5.91. The summed E-state index contributed by atoms with van der Waals surface area (Å²) in [6.45, 7) is 8.11. The minimum absolute atomic E-state index is 0. The number of hydrogen-bond acceptors (Lipinski definition) is 4. The fourth-order valence-corrected chi connectivity index (χ4v) is 4.14. The number of aliphatic imine (C=N–C) groups is 1. The molecule has 24 heavy (non-hydrogen) atoms. The van der Waals surface area contributed by atoms with Crippen molar-refractivity contribution in [2.75, 3.05) is 13.1 Å². The first-order valence-electron chi connectivity index (χ1n) is 8.80. The summed E-state index contributed by atoms with van der Waals surface area (Å²) >= 11 is 1.75. The first-order valence-corrected chi connectivity index (χ1v) is 9.68. The summed E-state index contributed by atoms with van der Waals surface area (Å²) in [4.78, 5) is 9.39. The third kappa shape index (κ3) is 5.05. The van der Waals surface area contributed by atoms with Gasteiger partial charge in [-0.1, -0.05) is 13.8 Å². The molecule has 0 spiro atoms. The SMILES string of the molecule is CCNC(=NCCc1csc(C(C)C)n1)NC1CC2CCC1O2.I. The van der Waals surface area contributed by atoms with Gasteiger partial charge in [-0.15, -0.1) is 35.3 Å². The maximum atomic E-state index is 5.91. The van der Waals surface area contributed by atoms with Crippen molar-refractivity contribution in [1.82, 2.24) is 15.6 Å². The molecule has 0 radical (unpaired) electrons. The maximum absolute atomic E-state index is 5.91. The first kappa shape index (κ1) is 19.9. The lowest BCUT2D eigenvalue weighted by Gasteiger charge is -2.22. The van der Waals surface area contributed by atoms with Crippen LogP contribution >= 0.6 is 35.3 Å². The van der Waals surface area contributed by atoms with Crippen LogP contribution in [0.1, 0.15) is 56.7 Å². The Hall–Kier alpha value is -0.410. The molecule has 0 saturated carbocycles. The summed E-state index contributed by atoms with van der Waals surface area (Å²) in [7, 11) is 0. The molecule has 2 N–H and O–H groups in total. The summed E-state index contributed by atoms with van der Waals surface area (Å²) in [5.41, 5.74) is 1.15. The Labute approximate surface area is 166 Å². The van der Waals surface area contributed by atoms with Crippen molar-refractivity contribution in [3.05, 3.63) is 16.1 Å². The van der Waals surface area contributed by atoms with E-state index in [1.807, 2.05) is 0 Å². The molecule has 0 aromatic carbocycles. The van der Waals surface area contributed by atoms with Crippen LogP contribution in [0.5, 0.6) is 0 Å². The molecular formula is C17H29IN4OS. The Kier molecular flexibility index (Phi) is 7.74. The van der Waals surface area contributed by atoms with E-state index in [9.17, 15) is 0 Å². The molecule has 3 unspecified atom stereocenters. The van der Waals surface area contributed by atoms with E-state index in [-0.39, 0.29) is 24.0 Å². The van der Waals surface area contributed by atoms with Crippen LogP contribution in [0.2, 0.25) is 0 Å². The third-order valence-corrected chi connectivity index (χ3v) is 5.67. The summed E-state index contributed by atoms with van der Waals surface area (Å²) in [6, 6.07) is 0.415. The zero-order valence-electron chi connectivity index (χ0n) is 14.7. The fourth-order valence-electron chi connectivity index (χ4n) is 3.27. The number of nitrogens with one attached hydrogen (secondary N) is 2. The van der Waals surface area contributed by atoms with Crippen molar-refractivity contribution in [2.45, 2.75) is 70.6 Å². The number of aromatic nitrogens is 1. The quantitative estimate of drug-likeness (QED) is 0.386. The second-order valence-electron chi connectivity index (χ2n) is 6.70. The van der Waals surface area contributed by atoms with Crippen molar-refractivity contribution in [3.63, 3.8) is 0 Å². The molecule has 2 aliphatic rings. The van der Waals surface area contributed by atoms with E-state index in [1.165, 1.54) is 17.8 Å². The molecule has 2 saturated heterocycles. The van der Waals surface area contributed by atoms with Crippen LogP contribution in [0.15, 0.2) is 10.4 Å². The lowest BCUT2D eigenvalue weighted by molar-refractivity contribution is 0.0992. The van der Waals surface area contributed by atoms with Crippen molar-refractivity contribution in [1.29, 1.82) is 0 Å². The van der Waals surface area contributed by atoms with Gasteiger partial charge in [-0.3, -0.25) is 4.99 Å². The molecule has 7 heteroatoms. The number of rotatable bonds is 6. The Balaban J connectivity index is 0.00000208. The molecule has 1 aromatic heterocycles. The molecular weight excluding hydrogens is 435 g/mol. The molecule has 2 aliphatic heterocycles. The minimum atomic E-state index is 0. The van der Waals surface area contributed by atoms with Gasteiger partial charge in [0.2, 0.25) is 0 Å². The summed E-state index contributed by atoms with van der Waals surface area (Å²) in [5.74, 6) is 1.42. The second kappa shape index (κ2) is 9.33. The molecule has 3 atom stereocenters. The van der Waals surface area contributed by atoms with Crippen LogP contribution in [0.25, 0.3) is 0 Å². The van der Waals surface area contributed by atoms with E-state index in [2.05, 4.69) is 41.8 Å². The molecule has 3 heterocycles. The highest BCUT2D eigenvalue weighted by molar-refractivity contribution is 14.0. The average Bonchev–Trinajstić information content (AvgIpc) is 3.23. The summed E-state index contributed by atoms with van der Waals surface area (Å²) in [6.07, 6.45) is 5.24. The second-order valence-corrected chi connectivity index (χ2v) is 7.59. The predicted octanol–water partition coefficient (Wildman–Crippen LogP) is 3.30. The Morgan fingerprint density at radius 1 is 1.46 bits per heavy atom. The van der Waals surface area contributed by atoms with E-state index in [0.29, 0.717) is 24.2 Å². The van der Waals surface area contributed by atoms with Gasteiger partial charge in [0.1, 0.15) is 0 Å². The van der Waals surface area contributed by atoms with E-state index in [1.54, 1.807) is 11.3 Å². The molecule has 3 rings (SSSR count). The van der Waals surface area contributed by atoms with Crippen molar-refractivity contribution in [3.8, 4) is 0 Å². The van der Waals surface area contributed by atoms with E-state index >= 15 is 0 Å². The molecule has 2 bridgehead atoms. The fraction of sp³-hybridized carbons (Fsp3) is 0.765. The number of hydrogen-bond donors (Lipinski definition) is 2. The van der Waals surface area contributed by atoms with E-state index < -0.39 is 0 Å². The molecule has 0 amide bonds. The molecule has 1 aromatic rings. The van der Waals surface area contributed by atoms with Crippen LogP contribution in [0, 0.1) is 0 Å². The number of fused-ring (bicyclic) bond motifs is 2. The van der Waals surface area contributed by atoms with Gasteiger partial charge in [0.05, 0.1) is 29.0 Å². The normalized spacial score (nSPS) is 25.8. The number of nitrogens with zero attached hydrogens (tertiary/aromatic N) is 2. The van der Waals surface area contributed by atoms with Gasteiger partial charge in [0.25, 0.3) is 0 Å². The minimum Gasteiger partial charge on any atom is -0.373 e. The van der Waals surface area contributed by atoms with Gasteiger partial charge in [-0.2, -0.15) is 0 Å². The topological polar surface area (TPSA) is 58.5 Å². The molecule has 2 fully saturated rings. The van der Waals surface area contributed by atoms with Crippen molar-refractivity contribution < 1.29 is 4.74 Å². The van der Waals surface area contributed by atoms with Gasteiger partial charge < -0.3 is 15.4 Å². The highest BCUT2D eigenvalue weighted by Crippen LogP contribution is 2.34. The van der Waals surface area contributed by atoms with Crippen LogP contribution < -0.4 is 10.6 Å². The van der Waals surface area contributed by atoms with Crippen LogP contribution in [0.3, 0.4) is 0 Å². The van der Waals surface area contributed by atoms with Gasteiger partial charge in [0, 0.05) is 30.8 Å². The lowest BCUT2D eigenvalue weighted by atomic mass is 9.96. The Bertz CT molecular complexity index is 548. The monoisotopic (exact) mass is 464 g/mol. The van der Waals surface area contributed by atoms with Gasteiger partial charge in [-0.25, -0.2) is 4.98 Å². The highest BCUT2D eigenvalue weighted by atomic mass is 127. The Morgan fingerprint density at radius 3 is 2.88 bits per heavy atom. The lowest BCUT2D eigenvalue weighted by Crippen LogP contribution is -2.47. The first-order chi connectivity index (χ1) is 11.2. The van der Waals surface area contributed by atoms with Crippen LogP contribution in [-0.4, -0.2) is 42.3 Å². The zero-order valence-corrected chi connectivity index (χ0v) is 17.9. The smallest absolute Gasteiger partial charge is 0.191 e. The zero-order chi connectivity index (χ0) is 16.2. The van der Waals surface area contributed by atoms with E-state index in [0.717, 1.165) is 37.6 Å². The Morgan fingerprint density at radius 2 is 2.29 bits per heavy atom. The molecule has 136 valence electrons. The maximum Gasteiger partial charge on any atom is 0.191 e. The number of guanidine groups is 1. The average molecular weight is 464 g/mol. The van der Waals surface area contributed by atoms with Crippen LogP contribution in [-0.2, 0) is 11.2 Å². The number of ether oxygens (including phenoxy) is 1. The summed E-state index contributed by atoms with van der Waals surface area (Å²) in [5, 5.41) is 10.3. The highest BCUT2D eigenvalue weighted by Gasteiger charge is 2.41. The predicted molar refractivity (Wildman–Crippen MR) is 111 cm³/mol.